The van der Waals surface area contributed by atoms with Gasteiger partial charge in [0.15, 0.2) is 6.10 Å². The van der Waals surface area contributed by atoms with E-state index < -0.39 is 12.1 Å². The van der Waals surface area contributed by atoms with Crippen molar-refractivity contribution >= 4 is 17.9 Å². The number of hydrogen-bond acceptors (Lipinski definition) is 6. The average Bonchev–Trinajstić information content (AvgIpc) is 3.33. The normalized spacial score (nSPS) is 13.1. The van der Waals surface area contributed by atoms with Gasteiger partial charge < -0.3 is 14.2 Å². The Hall–Kier alpha value is -4.19. The monoisotopic (exact) mass is 927 g/mol. The number of carbonyl (C=O) groups is 3. The van der Waals surface area contributed by atoms with Crippen LogP contribution in [0.25, 0.3) is 0 Å². The average molecular weight is 927 g/mol. The first-order valence-electron chi connectivity index (χ1n) is 27.0. The van der Waals surface area contributed by atoms with Crippen LogP contribution in [0.5, 0.6) is 0 Å². The molecular formula is C61H98O6. The van der Waals surface area contributed by atoms with Crippen molar-refractivity contribution in [3.05, 3.63) is 122 Å². The van der Waals surface area contributed by atoms with Crippen LogP contribution in [0.15, 0.2) is 122 Å². The molecule has 0 aromatic heterocycles. The number of ether oxygens (including phenoxy) is 3. The van der Waals surface area contributed by atoms with Crippen LogP contribution in [0.4, 0.5) is 0 Å². The summed E-state index contributed by atoms with van der Waals surface area (Å²) in [5.41, 5.74) is 0. The number of rotatable bonds is 47. The zero-order valence-electron chi connectivity index (χ0n) is 43.1. The molecule has 0 unspecified atom stereocenters. The molecule has 6 heteroatoms. The quantitative estimate of drug-likeness (QED) is 0.0262. The summed E-state index contributed by atoms with van der Waals surface area (Å²) in [5.74, 6) is -1.06. The Labute approximate surface area is 412 Å². The van der Waals surface area contributed by atoms with Crippen molar-refractivity contribution in [2.45, 2.75) is 232 Å². The van der Waals surface area contributed by atoms with Gasteiger partial charge in [-0.2, -0.15) is 0 Å². The Morgan fingerprint density at radius 3 is 0.970 bits per heavy atom. The molecule has 0 spiro atoms. The molecule has 67 heavy (non-hydrogen) atoms. The molecule has 0 aliphatic carbocycles. The van der Waals surface area contributed by atoms with E-state index in [0.29, 0.717) is 19.3 Å². The van der Waals surface area contributed by atoms with Gasteiger partial charge in [-0.25, -0.2) is 0 Å². The molecule has 0 aromatic carbocycles. The standard InChI is InChI=1S/C61H98O6/c1-4-7-10-13-16-19-22-24-26-28-30-32-34-36-39-42-45-48-51-54-60(63)66-57-58(56-65-59(62)53-50-47-44-41-38-21-18-15-12-9-6-3)67-61(64)55-52-49-46-43-40-37-35-33-31-29-27-25-23-20-17-14-11-8-5-2/h15-20,24-27,30-33,36-37,39-40,46,49,58H,4-14,21-23,28-29,34-35,38,41-45,47-48,50-57H2,1-3H3/b18-15-,19-16-,20-17-,26-24-,27-25-,32-30-,33-31-,39-36-,40-37-,49-46-/t58-/m0/s1. The van der Waals surface area contributed by atoms with Gasteiger partial charge in [0.25, 0.3) is 0 Å². The molecule has 1 atom stereocenters. The first-order valence-corrected chi connectivity index (χ1v) is 27.0. The minimum absolute atomic E-state index is 0.126. The van der Waals surface area contributed by atoms with Crippen molar-refractivity contribution in [2.75, 3.05) is 13.2 Å². The zero-order valence-corrected chi connectivity index (χ0v) is 43.1. The van der Waals surface area contributed by atoms with Crippen molar-refractivity contribution in [3.63, 3.8) is 0 Å². The fourth-order valence-corrected chi connectivity index (χ4v) is 6.80. The highest BCUT2D eigenvalue weighted by Gasteiger charge is 2.19. The summed E-state index contributed by atoms with van der Waals surface area (Å²) in [6.07, 6.45) is 74.8. The highest BCUT2D eigenvalue weighted by atomic mass is 16.6. The second-order valence-electron chi connectivity index (χ2n) is 17.4. The molecule has 0 aliphatic heterocycles. The highest BCUT2D eigenvalue weighted by molar-refractivity contribution is 5.71. The van der Waals surface area contributed by atoms with Crippen LogP contribution in [0.3, 0.4) is 0 Å². The Balaban J connectivity index is 4.56. The van der Waals surface area contributed by atoms with Crippen molar-refractivity contribution in [1.29, 1.82) is 0 Å². The van der Waals surface area contributed by atoms with E-state index in [1.165, 1.54) is 77.0 Å². The van der Waals surface area contributed by atoms with E-state index in [9.17, 15) is 14.4 Å². The lowest BCUT2D eigenvalue weighted by Crippen LogP contribution is -2.30. The predicted octanol–water partition coefficient (Wildman–Crippen LogP) is 18.1. The third-order valence-electron chi connectivity index (χ3n) is 10.9. The number of hydrogen-bond donors (Lipinski definition) is 0. The first-order chi connectivity index (χ1) is 33.0. The van der Waals surface area contributed by atoms with E-state index in [-0.39, 0.29) is 31.6 Å². The van der Waals surface area contributed by atoms with Crippen LogP contribution in [0, 0.1) is 0 Å². The highest BCUT2D eigenvalue weighted by Crippen LogP contribution is 2.11. The second kappa shape index (κ2) is 54.4. The molecule has 6 nitrogen and oxygen atoms in total. The Bertz CT molecular complexity index is 1440. The maximum atomic E-state index is 12.8. The van der Waals surface area contributed by atoms with E-state index in [1.807, 2.05) is 12.2 Å². The summed E-state index contributed by atoms with van der Waals surface area (Å²) in [6, 6.07) is 0. The minimum atomic E-state index is -0.837. The minimum Gasteiger partial charge on any atom is -0.462 e. The molecule has 378 valence electrons. The second-order valence-corrected chi connectivity index (χ2v) is 17.4. The van der Waals surface area contributed by atoms with E-state index >= 15 is 0 Å². The first kappa shape index (κ1) is 62.8. The van der Waals surface area contributed by atoms with E-state index in [4.69, 9.17) is 14.2 Å². The molecule has 0 aromatic rings. The third-order valence-corrected chi connectivity index (χ3v) is 10.9. The maximum Gasteiger partial charge on any atom is 0.306 e. The van der Waals surface area contributed by atoms with Gasteiger partial charge in [-0.3, -0.25) is 14.4 Å². The molecule has 0 aliphatic rings. The van der Waals surface area contributed by atoms with Gasteiger partial charge in [-0.05, 0) is 122 Å². The van der Waals surface area contributed by atoms with Crippen molar-refractivity contribution in [3.8, 4) is 0 Å². The molecular weight excluding hydrogens is 829 g/mol. The summed E-state index contributed by atoms with van der Waals surface area (Å²) in [7, 11) is 0. The van der Waals surface area contributed by atoms with Crippen molar-refractivity contribution in [2.24, 2.45) is 0 Å². The van der Waals surface area contributed by atoms with Crippen LogP contribution in [0.2, 0.25) is 0 Å². The van der Waals surface area contributed by atoms with Gasteiger partial charge in [0.05, 0.1) is 0 Å². The number of unbranched alkanes of at least 4 members (excludes halogenated alkanes) is 16. The Morgan fingerprint density at radius 2 is 0.582 bits per heavy atom. The van der Waals surface area contributed by atoms with Gasteiger partial charge in [-0.15, -0.1) is 0 Å². The largest absolute Gasteiger partial charge is 0.462 e. The number of esters is 3. The summed E-state index contributed by atoms with van der Waals surface area (Å²) in [4.78, 5) is 38.0. The van der Waals surface area contributed by atoms with Crippen LogP contribution in [-0.2, 0) is 28.6 Å². The molecule has 0 radical (unpaired) electrons. The molecule has 0 N–H and O–H groups in total. The van der Waals surface area contributed by atoms with E-state index in [0.717, 1.165) is 103 Å². The molecule has 0 heterocycles. The molecule has 0 amide bonds. The Kier molecular flexibility index (Phi) is 51.0. The van der Waals surface area contributed by atoms with Gasteiger partial charge >= 0.3 is 17.9 Å². The third kappa shape index (κ3) is 52.6. The molecule has 0 bridgehead atoms. The Morgan fingerprint density at radius 1 is 0.299 bits per heavy atom. The smallest absolute Gasteiger partial charge is 0.306 e. The van der Waals surface area contributed by atoms with Crippen LogP contribution >= 0.6 is 0 Å². The van der Waals surface area contributed by atoms with Crippen LogP contribution in [0.1, 0.15) is 226 Å². The van der Waals surface area contributed by atoms with Crippen molar-refractivity contribution in [1.82, 2.24) is 0 Å². The summed E-state index contributed by atoms with van der Waals surface area (Å²) in [5, 5.41) is 0. The lowest BCUT2D eigenvalue weighted by molar-refractivity contribution is -0.166. The lowest BCUT2D eigenvalue weighted by Gasteiger charge is -2.18. The molecule has 0 saturated carbocycles. The molecule has 0 rings (SSSR count). The molecule has 0 fully saturated rings. The van der Waals surface area contributed by atoms with Gasteiger partial charge in [-0.1, -0.05) is 206 Å². The zero-order chi connectivity index (χ0) is 48.6. The number of carbonyl (C=O) groups excluding carboxylic acids is 3. The van der Waals surface area contributed by atoms with Crippen molar-refractivity contribution < 1.29 is 28.6 Å². The molecule has 0 saturated heterocycles. The van der Waals surface area contributed by atoms with Crippen LogP contribution in [-0.4, -0.2) is 37.2 Å². The topological polar surface area (TPSA) is 78.9 Å². The fourth-order valence-electron chi connectivity index (χ4n) is 6.80. The van der Waals surface area contributed by atoms with Gasteiger partial charge in [0.1, 0.15) is 13.2 Å². The summed E-state index contributed by atoms with van der Waals surface area (Å²) in [6.45, 7) is 6.43. The SMILES string of the molecule is CCCC/C=C\CCCCCCCC(=O)OC[C@@H](COC(=O)CCCCC/C=C\C/C=C\C/C=C\C/C=C\CCCCC)OC(=O)CC/C=C\C/C=C\C/C=C\C/C=C\C/C=C\CCCCC. The predicted molar refractivity (Wildman–Crippen MR) is 288 cm³/mol. The van der Waals surface area contributed by atoms with E-state index in [1.54, 1.807) is 0 Å². The summed E-state index contributed by atoms with van der Waals surface area (Å²) < 4.78 is 16.7. The van der Waals surface area contributed by atoms with Crippen LogP contribution < -0.4 is 0 Å². The van der Waals surface area contributed by atoms with Gasteiger partial charge in [0.2, 0.25) is 0 Å². The van der Waals surface area contributed by atoms with E-state index in [2.05, 4.69) is 130 Å². The fraction of sp³-hybridized carbons (Fsp3) is 0.623. The lowest BCUT2D eigenvalue weighted by atomic mass is 10.1. The van der Waals surface area contributed by atoms with Gasteiger partial charge in [0, 0.05) is 19.3 Å². The summed E-state index contributed by atoms with van der Waals surface area (Å²) >= 11 is 0. The number of allylic oxidation sites excluding steroid dienone is 20. The maximum absolute atomic E-state index is 12.8.